The maximum atomic E-state index is 12.1. The average molecular weight is 286 g/mol. The first kappa shape index (κ1) is 14.8. The van der Waals surface area contributed by atoms with E-state index in [4.69, 9.17) is 0 Å². The molecule has 6 nitrogen and oxygen atoms in total. The van der Waals surface area contributed by atoms with Crippen molar-refractivity contribution in [2.24, 2.45) is 0 Å². The highest BCUT2D eigenvalue weighted by Gasteiger charge is 2.10. The standard InChI is InChI=1S/C15H18N4O2/c1-11(20)18-14-5-3-12(4-6-14)7-15(21)19(2)10-13-8-16-17-9-13/h3-6,8-9H,7,10H2,1-2H3,(H,16,17)(H,18,20). The van der Waals surface area contributed by atoms with Gasteiger partial charge in [0.15, 0.2) is 0 Å². The highest BCUT2D eigenvalue weighted by atomic mass is 16.2. The van der Waals surface area contributed by atoms with E-state index in [0.717, 1.165) is 16.8 Å². The minimum absolute atomic E-state index is 0.0310. The van der Waals surface area contributed by atoms with Crippen molar-refractivity contribution in [2.75, 3.05) is 12.4 Å². The molecule has 0 bridgehead atoms. The predicted octanol–water partition coefficient (Wildman–Crippen LogP) is 1.57. The first-order valence-corrected chi connectivity index (χ1v) is 6.63. The van der Waals surface area contributed by atoms with Crippen LogP contribution in [0.2, 0.25) is 0 Å². The molecule has 0 atom stereocenters. The first-order chi connectivity index (χ1) is 10.0. The Balaban J connectivity index is 1.91. The lowest BCUT2D eigenvalue weighted by Crippen LogP contribution is -2.27. The Hall–Kier alpha value is -2.63. The molecular formula is C15H18N4O2. The van der Waals surface area contributed by atoms with Crippen LogP contribution in [0.25, 0.3) is 0 Å². The van der Waals surface area contributed by atoms with Gasteiger partial charge in [-0.2, -0.15) is 5.10 Å². The molecule has 0 aliphatic rings. The molecule has 0 saturated carbocycles. The quantitative estimate of drug-likeness (QED) is 0.875. The number of likely N-dealkylation sites (N-methyl/N-ethyl adjacent to an activating group) is 1. The van der Waals surface area contributed by atoms with Crippen molar-refractivity contribution in [3.05, 3.63) is 47.8 Å². The number of benzene rings is 1. The van der Waals surface area contributed by atoms with E-state index in [1.807, 2.05) is 12.1 Å². The van der Waals surface area contributed by atoms with E-state index in [0.29, 0.717) is 13.0 Å². The number of hydrogen-bond acceptors (Lipinski definition) is 3. The Kier molecular flexibility index (Phi) is 4.71. The monoisotopic (exact) mass is 286 g/mol. The molecule has 0 radical (unpaired) electrons. The van der Waals surface area contributed by atoms with Crippen LogP contribution in [0.1, 0.15) is 18.1 Å². The molecule has 1 aromatic heterocycles. The fraction of sp³-hybridized carbons (Fsp3) is 0.267. The van der Waals surface area contributed by atoms with E-state index in [2.05, 4.69) is 15.5 Å². The van der Waals surface area contributed by atoms with Crippen molar-refractivity contribution >= 4 is 17.5 Å². The van der Waals surface area contributed by atoms with Crippen LogP contribution in [0.4, 0.5) is 5.69 Å². The second-order valence-corrected chi connectivity index (χ2v) is 4.91. The summed E-state index contributed by atoms with van der Waals surface area (Å²) in [5, 5.41) is 9.27. The maximum absolute atomic E-state index is 12.1. The zero-order chi connectivity index (χ0) is 15.2. The van der Waals surface area contributed by atoms with Gasteiger partial charge in [0, 0.05) is 38.0 Å². The summed E-state index contributed by atoms with van der Waals surface area (Å²) >= 11 is 0. The summed E-state index contributed by atoms with van der Waals surface area (Å²) in [6.45, 7) is 1.99. The summed E-state index contributed by atoms with van der Waals surface area (Å²) in [5.74, 6) is -0.0813. The summed E-state index contributed by atoms with van der Waals surface area (Å²) in [4.78, 5) is 24.7. The van der Waals surface area contributed by atoms with Gasteiger partial charge in [-0.25, -0.2) is 0 Å². The predicted molar refractivity (Wildman–Crippen MR) is 79.5 cm³/mol. The largest absolute Gasteiger partial charge is 0.341 e. The second kappa shape index (κ2) is 6.69. The molecule has 0 aliphatic carbocycles. The zero-order valence-corrected chi connectivity index (χ0v) is 12.1. The number of aromatic amines is 1. The summed E-state index contributed by atoms with van der Waals surface area (Å²) < 4.78 is 0. The first-order valence-electron chi connectivity index (χ1n) is 6.63. The molecule has 0 aliphatic heterocycles. The van der Waals surface area contributed by atoms with Crippen molar-refractivity contribution in [2.45, 2.75) is 19.9 Å². The molecule has 0 unspecified atom stereocenters. The lowest BCUT2D eigenvalue weighted by molar-refractivity contribution is -0.129. The van der Waals surface area contributed by atoms with Crippen LogP contribution in [0.15, 0.2) is 36.7 Å². The third-order valence-electron chi connectivity index (χ3n) is 3.03. The molecular weight excluding hydrogens is 268 g/mol. The van der Waals surface area contributed by atoms with E-state index >= 15 is 0 Å². The molecule has 2 aromatic rings. The lowest BCUT2D eigenvalue weighted by atomic mass is 10.1. The number of H-pyrrole nitrogens is 1. The third-order valence-corrected chi connectivity index (χ3v) is 3.03. The lowest BCUT2D eigenvalue weighted by Gasteiger charge is -2.16. The number of amides is 2. The van der Waals surface area contributed by atoms with Gasteiger partial charge in [0.05, 0.1) is 12.6 Å². The molecule has 6 heteroatoms. The van der Waals surface area contributed by atoms with Gasteiger partial charge in [-0.05, 0) is 17.7 Å². The fourth-order valence-corrected chi connectivity index (χ4v) is 1.94. The third kappa shape index (κ3) is 4.45. The number of carbonyl (C=O) groups excluding carboxylic acids is 2. The molecule has 21 heavy (non-hydrogen) atoms. The van der Waals surface area contributed by atoms with Crippen LogP contribution in [0, 0.1) is 0 Å². The van der Waals surface area contributed by atoms with Crippen molar-refractivity contribution in [3.8, 4) is 0 Å². The van der Waals surface area contributed by atoms with Crippen LogP contribution in [0.3, 0.4) is 0 Å². The maximum Gasteiger partial charge on any atom is 0.227 e. The Labute approximate surface area is 123 Å². The van der Waals surface area contributed by atoms with E-state index in [1.165, 1.54) is 6.92 Å². The van der Waals surface area contributed by atoms with E-state index < -0.39 is 0 Å². The zero-order valence-electron chi connectivity index (χ0n) is 12.1. The number of nitrogens with zero attached hydrogens (tertiary/aromatic N) is 2. The number of carbonyl (C=O) groups is 2. The molecule has 0 spiro atoms. The van der Waals surface area contributed by atoms with Crippen molar-refractivity contribution in [3.63, 3.8) is 0 Å². The molecule has 1 heterocycles. The van der Waals surface area contributed by atoms with Crippen molar-refractivity contribution in [1.29, 1.82) is 0 Å². The minimum atomic E-state index is -0.112. The second-order valence-electron chi connectivity index (χ2n) is 4.91. The fourth-order valence-electron chi connectivity index (χ4n) is 1.94. The van der Waals surface area contributed by atoms with Gasteiger partial charge in [0.25, 0.3) is 0 Å². The van der Waals surface area contributed by atoms with E-state index in [1.54, 1.807) is 36.5 Å². The van der Waals surface area contributed by atoms with Crippen LogP contribution in [0.5, 0.6) is 0 Å². The van der Waals surface area contributed by atoms with Gasteiger partial charge in [-0.15, -0.1) is 0 Å². The van der Waals surface area contributed by atoms with Crippen molar-refractivity contribution in [1.82, 2.24) is 15.1 Å². The van der Waals surface area contributed by atoms with E-state index in [9.17, 15) is 9.59 Å². The summed E-state index contributed by atoms with van der Waals surface area (Å²) in [6, 6.07) is 7.27. The molecule has 2 amide bonds. The summed E-state index contributed by atoms with van der Waals surface area (Å²) in [7, 11) is 1.76. The molecule has 0 fully saturated rings. The Morgan fingerprint density at radius 2 is 1.95 bits per heavy atom. The van der Waals surface area contributed by atoms with Crippen LogP contribution in [-0.4, -0.2) is 34.0 Å². The number of anilines is 1. The molecule has 110 valence electrons. The van der Waals surface area contributed by atoms with Crippen LogP contribution >= 0.6 is 0 Å². The molecule has 2 N–H and O–H groups in total. The Bertz CT molecular complexity index is 605. The van der Waals surface area contributed by atoms with Gasteiger partial charge >= 0.3 is 0 Å². The van der Waals surface area contributed by atoms with Gasteiger partial charge in [0.1, 0.15) is 0 Å². The van der Waals surface area contributed by atoms with Gasteiger partial charge in [-0.3, -0.25) is 14.7 Å². The molecule has 0 saturated heterocycles. The smallest absolute Gasteiger partial charge is 0.227 e. The molecule has 2 rings (SSSR count). The summed E-state index contributed by atoms with van der Waals surface area (Å²) in [5.41, 5.74) is 2.60. The summed E-state index contributed by atoms with van der Waals surface area (Å²) in [6.07, 6.45) is 3.80. The number of aromatic nitrogens is 2. The van der Waals surface area contributed by atoms with Gasteiger partial charge in [-0.1, -0.05) is 12.1 Å². The topological polar surface area (TPSA) is 78.1 Å². The number of nitrogens with one attached hydrogen (secondary N) is 2. The Morgan fingerprint density at radius 3 is 2.52 bits per heavy atom. The highest BCUT2D eigenvalue weighted by Crippen LogP contribution is 2.11. The van der Waals surface area contributed by atoms with Crippen LogP contribution < -0.4 is 5.32 Å². The molecule has 1 aromatic carbocycles. The Morgan fingerprint density at radius 1 is 1.24 bits per heavy atom. The normalized spacial score (nSPS) is 10.2. The van der Waals surface area contributed by atoms with E-state index in [-0.39, 0.29) is 11.8 Å². The SMILES string of the molecule is CC(=O)Nc1ccc(CC(=O)N(C)Cc2cn[nH]c2)cc1. The van der Waals surface area contributed by atoms with Crippen LogP contribution in [-0.2, 0) is 22.6 Å². The van der Waals surface area contributed by atoms with Crippen molar-refractivity contribution < 1.29 is 9.59 Å². The number of rotatable bonds is 5. The highest BCUT2D eigenvalue weighted by molar-refractivity contribution is 5.88. The average Bonchev–Trinajstić information content (AvgIpc) is 2.93. The van der Waals surface area contributed by atoms with Gasteiger partial charge < -0.3 is 10.2 Å². The van der Waals surface area contributed by atoms with Gasteiger partial charge in [0.2, 0.25) is 11.8 Å². The minimum Gasteiger partial charge on any atom is -0.341 e. The number of hydrogen-bond donors (Lipinski definition) is 2.